The number of hydrogen-bond acceptors (Lipinski definition) is 5. The van der Waals surface area contributed by atoms with Gasteiger partial charge in [0, 0.05) is 10.6 Å². The van der Waals surface area contributed by atoms with Gasteiger partial charge in [0.15, 0.2) is 0 Å². The third-order valence-electron chi connectivity index (χ3n) is 3.34. The topological polar surface area (TPSA) is 55.9 Å². The first-order valence-corrected chi connectivity index (χ1v) is 8.53. The highest BCUT2D eigenvalue weighted by Crippen LogP contribution is 2.34. The summed E-state index contributed by atoms with van der Waals surface area (Å²) in [6, 6.07) is 12.3. The highest BCUT2D eigenvalue weighted by atomic mass is 32.2. The maximum Gasteiger partial charge on any atom is 0.0852 e. The van der Waals surface area contributed by atoms with Gasteiger partial charge in [-0.25, -0.2) is 4.68 Å². The molecule has 3 N–H and O–H groups in total. The summed E-state index contributed by atoms with van der Waals surface area (Å²) < 4.78 is 6.22. The third kappa shape index (κ3) is 2.85. The smallest absolute Gasteiger partial charge is 0.0852 e. The molecule has 1 aromatic carbocycles. The summed E-state index contributed by atoms with van der Waals surface area (Å²) >= 11 is 3.35. The number of thiophene rings is 1. The van der Waals surface area contributed by atoms with Crippen molar-refractivity contribution in [2.75, 3.05) is 12.8 Å². The average molecular weight is 318 g/mol. The Morgan fingerprint density at radius 3 is 2.86 bits per heavy atom. The molecule has 0 aliphatic carbocycles. The average Bonchev–Trinajstić information content (AvgIpc) is 3.06. The van der Waals surface area contributed by atoms with Gasteiger partial charge in [0.05, 0.1) is 27.6 Å². The van der Waals surface area contributed by atoms with Crippen molar-refractivity contribution in [1.82, 2.24) is 14.5 Å². The van der Waals surface area contributed by atoms with E-state index in [0.29, 0.717) is 0 Å². The lowest BCUT2D eigenvalue weighted by Crippen LogP contribution is -2.35. The molecule has 0 saturated heterocycles. The predicted octanol–water partition coefficient (Wildman–Crippen LogP) is 3.13. The molecule has 1 atom stereocenters. The lowest BCUT2D eigenvalue weighted by molar-refractivity contribution is 0.578. The SMILES string of the molecule is CNSC[C@](C)(N)c1cc2c(cnn2-c2ccccc2)s1. The van der Waals surface area contributed by atoms with Gasteiger partial charge in [0.25, 0.3) is 0 Å². The summed E-state index contributed by atoms with van der Waals surface area (Å²) in [5.74, 6) is 0.825. The molecule has 3 rings (SSSR count). The van der Waals surface area contributed by atoms with Crippen LogP contribution in [0.1, 0.15) is 11.8 Å². The number of aromatic nitrogens is 2. The molecule has 2 heterocycles. The Kier molecular flexibility index (Phi) is 4.03. The summed E-state index contributed by atoms with van der Waals surface area (Å²) in [7, 11) is 1.92. The van der Waals surface area contributed by atoms with E-state index in [1.807, 2.05) is 36.1 Å². The van der Waals surface area contributed by atoms with Crippen LogP contribution in [-0.2, 0) is 5.54 Å². The van der Waals surface area contributed by atoms with Crippen molar-refractivity contribution in [3.8, 4) is 5.69 Å². The van der Waals surface area contributed by atoms with E-state index in [1.54, 1.807) is 23.3 Å². The van der Waals surface area contributed by atoms with Crippen molar-refractivity contribution in [2.45, 2.75) is 12.5 Å². The van der Waals surface area contributed by atoms with Crippen LogP contribution in [0.5, 0.6) is 0 Å². The normalized spacial score (nSPS) is 14.4. The van der Waals surface area contributed by atoms with E-state index in [2.05, 4.69) is 34.9 Å². The van der Waals surface area contributed by atoms with Gasteiger partial charge in [0.1, 0.15) is 0 Å². The molecule has 4 nitrogen and oxygen atoms in total. The van der Waals surface area contributed by atoms with E-state index < -0.39 is 0 Å². The quantitative estimate of drug-likeness (QED) is 0.710. The maximum atomic E-state index is 6.46. The number of nitrogens with one attached hydrogen (secondary N) is 1. The highest BCUT2D eigenvalue weighted by molar-refractivity contribution is 7.97. The molecule has 0 unspecified atom stereocenters. The number of rotatable bonds is 5. The molecular weight excluding hydrogens is 300 g/mol. The largest absolute Gasteiger partial charge is 0.320 e. The molecular formula is C15H18N4S2. The summed E-state index contributed by atoms with van der Waals surface area (Å²) in [6.07, 6.45) is 1.91. The van der Waals surface area contributed by atoms with Crippen LogP contribution in [0.4, 0.5) is 0 Å². The van der Waals surface area contributed by atoms with Gasteiger partial charge in [-0.1, -0.05) is 30.1 Å². The number of para-hydroxylation sites is 1. The standard InChI is InChI=1S/C15H18N4S2/c1-15(16,10-20-17-2)14-8-12-13(21-14)9-18-19(12)11-6-4-3-5-7-11/h3-9,17H,10,16H2,1-2H3/t15-/m0/s1. The lowest BCUT2D eigenvalue weighted by atomic mass is 10.1. The Bertz CT molecular complexity index is 731. The molecule has 6 heteroatoms. The first-order valence-electron chi connectivity index (χ1n) is 6.73. The van der Waals surface area contributed by atoms with E-state index >= 15 is 0 Å². The molecule has 0 aliphatic rings. The van der Waals surface area contributed by atoms with Crippen molar-refractivity contribution in [2.24, 2.45) is 5.73 Å². The zero-order valence-electron chi connectivity index (χ0n) is 12.0. The van der Waals surface area contributed by atoms with Gasteiger partial charge >= 0.3 is 0 Å². The monoisotopic (exact) mass is 318 g/mol. The fourth-order valence-electron chi connectivity index (χ4n) is 2.18. The minimum atomic E-state index is -0.348. The van der Waals surface area contributed by atoms with Gasteiger partial charge in [-0.05, 0) is 32.2 Å². The second kappa shape index (κ2) is 5.81. The molecule has 0 aliphatic heterocycles. The van der Waals surface area contributed by atoms with Crippen LogP contribution in [0.25, 0.3) is 15.9 Å². The fourth-order valence-corrected chi connectivity index (χ4v) is 3.93. The minimum Gasteiger partial charge on any atom is -0.320 e. The van der Waals surface area contributed by atoms with Gasteiger partial charge < -0.3 is 5.73 Å². The molecule has 0 bridgehead atoms. The van der Waals surface area contributed by atoms with Crippen molar-refractivity contribution in [3.63, 3.8) is 0 Å². The maximum absolute atomic E-state index is 6.46. The second-order valence-corrected chi connectivity index (χ2v) is 7.23. The first kappa shape index (κ1) is 14.6. The van der Waals surface area contributed by atoms with Crippen LogP contribution in [0.3, 0.4) is 0 Å². The first-order chi connectivity index (χ1) is 10.1. The second-order valence-electron chi connectivity index (χ2n) is 5.16. The highest BCUT2D eigenvalue weighted by Gasteiger charge is 2.25. The molecule has 3 aromatic rings. The Morgan fingerprint density at radius 1 is 1.38 bits per heavy atom. The minimum absolute atomic E-state index is 0.348. The lowest BCUT2D eigenvalue weighted by Gasteiger charge is -2.22. The molecule has 0 amide bonds. The van der Waals surface area contributed by atoms with Crippen LogP contribution in [0, 0.1) is 0 Å². The molecule has 0 fully saturated rings. The summed E-state index contributed by atoms with van der Waals surface area (Å²) in [6.45, 7) is 2.07. The molecule has 0 radical (unpaired) electrons. The van der Waals surface area contributed by atoms with Crippen molar-refractivity contribution in [3.05, 3.63) is 47.5 Å². The van der Waals surface area contributed by atoms with Crippen LogP contribution in [0.15, 0.2) is 42.6 Å². The van der Waals surface area contributed by atoms with Crippen molar-refractivity contribution < 1.29 is 0 Å². The van der Waals surface area contributed by atoms with Gasteiger partial charge in [-0.15, -0.1) is 11.3 Å². The van der Waals surface area contributed by atoms with Crippen LogP contribution < -0.4 is 10.5 Å². The van der Waals surface area contributed by atoms with Crippen LogP contribution in [0.2, 0.25) is 0 Å². The van der Waals surface area contributed by atoms with E-state index in [4.69, 9.17) is 5.73 Å². The number of benzene rings is 1. The number of nitrogens with zero attached hydrogens (tertiary/aromatic N) is 2. The Labute approximate surface area is 132 Å². The van der Waals surface area contributed by atoms with E-state index in [1.165, 1.54) is 9.58 Å². The molecule has 0 spiro atoms. The Balaban J connectivity index is 2.00. The summed E-state index contributed by atoms with van der Waals surface area (Å²) in [4.78, 5) is 1.18. The van der Waals surface area contributed by atoms with E-state index in [-0.39, 0.29) is 5.54 Å². The fraction of sp³-hybridized carbons (Fsp3) is 0.267. The predicted molar refractivity (Wildman–Crippen MR) is 92.0 cm³/mol. The third-order valence-corrected chi connectivity index (χ3v) is 5.71. The van der Waals surface area contributed by atoms with E-state index in [9.17, 15) is 0 Å². The Hall–Kier alpha value is -1.34. The molecule has 0 saturated carbocycles. The molecule has 110 valence electrons. The number of fused-ring (bicyclic) bond motifs is 1. The van der Waals surface area contributed by atoms with Crippen LogP contribution in [-0.4, -0.2) is 22.6 Å². The van der Waals surface area contributed by atoms with Crippen LogP contribution >= 0.6 is 23.3 Å². The van der Waals surface area contributed by atoms with Crippen molar-refractivity contribution in [1.29, 1.82) is 0 Å². The zero-order valence-corrected chi connectivity index (χ0v) is 13.7. The molecule has 2 aromatic heterocycles. The van der Waals surface area contributed by atoms with Gasteiger partial charge in [-0.2, -0.15) is 5.10 Å². The van der Waals surface area contributed by atoms with E-state index in [0.717, 1.165) is 17.0 Å². The molecule has 21 heavy (non-hydrogen) atoms. The Morgan fingerprint density at radius 2 is 2.14 bits per heavy atom. The van der Waals surface area contributed by atoms with Gasteiger partial charge in [-0.3, -0.25) is 4.72 Å². The number of nitrogens with two attached hydrogens (primary N) is 1. The summed E-state index contributed by atoms with van der Waals surface area (Å²) in [5, 5.41) is 4.48. The summed E-state index contributed by atoms with van der Waals surface area (Å²) in [5.41, 5.74) is 8.30. The zero-order chi connectivity index (χ0) is 14.9. The van der Waals surface area contributed by atoms with Gasteiger partial charge in [0.2, 0.25) is 0 Å². The van der Waals surface area contributed by atoms with Crippen molar-refractivity contribution >= 4 is 33.5 Å². The number of hydrogen-bond donors (Lipinski definition) is 2.